The molecule has 0 atom stereocenters. The fourth-order valence-corrected chi connectivity index (χ4v) is 3.46. The average molecular weight is 430 g/mol. The second-order valence-electron chi connectivity index (χ2n) is 7.59. The van der Waals surface area contributed by atoms with Crippen LogP contribution in [-0.4, -0.2) is 16.9 Å². The molecule has 156 valence electrons. The minimum Gasteiger partial charge on any atom is -0.332 e. The zero-order valence-electron chi connectivity index (χ0n) is 17.1. The van der Waals surface area contributed by atoms with E-state index in [0.29, 0.717) is 5.56 Å². The Hall–Kier alpha value is -3.51. The van der Waals surface area contributed by atoms with Gasteiger partial charge in [0, 0.05) is 22.9 Å². The molecule has 0 bridgehead atoms. The minimum atomic E-state index is -0.284. The topological polar surface area (TPSA) is 70.2 Å². The van der Waals surface area contributed by atoms with Gasteiger partial charge in [0.2, 0.25) is 5.91 Å². The number of amides is 2. The number of nitrogens with one attached hydrogen (secondary N) is 3. The monoisotopic (exact) mass is 429 g/mol. The Kier molecular flexibility index (Phi) is 6.09. The molecular weight excluding hydrogens is 406 g/mol. The molecule has 2 amide bonds. The Morgan fingerprint density at radius 2 is 1.42 bits per heavy atom. The molecule has 1 aliphatic rings. The molecular formula is C25H23N3O2S. The van der Waals surface area contributed by atoms with Gasteiger partial charge < -0.3 is 10.6 Å². The molecule has 1 fully saturated rings. The van der Waals surface area contributed by atoms with E-state index in [1.165, 1.54) is 0 Å². The first-order valence-corrected chi connectivity index (χ1v) is 10.6. The molecule has 0 heterocycles. The maximum atomic E-state index is 12.6. The molecule has 0 radical (unpaired) electrons. The van der Waals surface area contributed by atoms with Crippen molar-refractivity contribution in [2.24, 2.45) is 5.92 Å². The van der Waals surface area contributed by atoms with Crippen LogP contribution < -0.4 is 16.0 Å². The van der Waals surface area contributed by atoms with E-state index in [4.69, 9.17) is 12.2 Å². The molecule has 0 spiro atoms. The normalized spacial score (nSPS) is 12.7. The second kappa shape index (κ2) is 9.10. The van der Waals surface area contributed by atoms with Crippen molar-refractivity contribution in [3.8, 4) is 11.1 Å². The molecule has 1 saturated carbocycles. The first-order valence-electron chi connectivity index (χ1n) is 10.2. The molecule has 31 heavy (non-hydrogen) atoms. The van der Waals surface area contributed by atoms with Crippen LogP contribution in [0.3, 0.4) is 0 Å². The van der Waals surface area contributed by atoms with Gasteiger partial charge in [0.05, 0.1) is 0 Å². The van der Waals surface area contributed by atoms with Gasteiger partial charge in [-0.1, -0.05) is 48.5 Å². The summed E-state index contributed by atoms with van der Waals surface area (Å²) in [5, 5.41) is 8.93. The summed E-state index contributed by atoms with van der Waals surface area (Å²) in [6, 6.07) is 22.9. The molecule has 0 unspecified atom stereocenters. The van der Waals surface area contributed by atoms with E-state index < -0.39 is 0 Å². The molecule has 0 saturated heterocycles. The number of carbonyl (C=O) groups excluding carboxylic acids is 2. The Balaban J connectivity index is 1.38. The lowest BCUT2D eigenvalue weighted by atomic mass is 10.0. The van der Waals surface area contributed by atoms with E-state index in [9.17, 15) is 9.59 Å². The van der Waals surface area contributed by atoms with E-state index in [1.807, 2.05) is 67.6 Å². The fourth-order valence-electron chi connectivity index (χ4n) is 3.26. The predicted molar refractivity (Wildman–Crippen MR) is 128 cm³/mol. The lowest BCUT2D eigenvalue weighted by Crippen LogP contribution is -2.34. The number of carbonyl (C=O) groups is 2. The minimum absolute atomic E-state index is 0.0510. The number of rotatable bonds is 5. The van der Waals surface area contributed by atoms with Gasteiger partial charge in [-0.05, 0) is 72.9 Å². The van der Waals surface area contributed by atoms with Gasteiger partial charge in [-0.3, -0.25) is 14.9 Å². The summed E-state index contributed by atoms with van der Waals surface area (Å²) in [6.07, 6.45) is 1.90. The maximum Gasteiger partial charge on any atom is 0.257 e. The zero-order valence-corrected chi connectivity index (χ0v) is 18.0. The molecule has 4 rings (SSSR count). The summed E-state index contributed by atoms with van der Waals surface area (Å²) in [4.78, 5) is 24.6. The summed E-state index contributed by atoms with van der Waals surface area (Å²) in [5.41, 5.74) is 4.99. The molecule has 3 aromatic carbocycles. The van der Waals surface area contributed by atoms with Crippen LogP contribution in [0.25, 0.3) is 11.1 Å². The first kappa shape index (κ1) is 20.8. The molecule has 0 aliphatic heterocycles. The van der Waals surface area contributed by atoms with Crippen LogP contribution in [0, 0.1) is 12.8 Å². The maximum absolute atomic E-state index is 12.6. The van der Waals surface area contributed by atoms with Crippen LogP contribution in [0.1, 0.15) is 28.8 Å². The summed E-state index contributed by atoms with van der Waals surface area (Å²) < 4.78 is 0. The molecule has 0 aromatic heterocycles. The van der Waals surface area contributed by atoms with Crippen LogP contribution in [0.5, 0.6) is 0 Å². The van der Waals surface area contributed by atoms with E-state index in [-0.39, 0.29) is 22.8 Å². The third-order valence-corrected chi connectivity index (χ3v) is 5.47. The van der Waals surface area contributed by atoms with Gasteiger partial charge in [-0.15, -0.1) is 0 Å². The third-order valence-electron chi connectivity index (χ3n) is 5.27. The molecule has 3 N–H and O–H groups in total. The van der Waals surface area contributed by atoms with E-state index in [2.05, 4.69) is 16.0 Å². The van der Waals surface area contributed by atoms with Gasteiger partial charge >= 0.3 is 0 Å². The Morgan fingerprint density at radius 3 is 2.06 bits per heavy atom. The highest BCUT2D eigenvalue weighted by atomic mass is 32.1. The van der Waals surface area contributed by atoms with Crippen molar-refractivity contribution >= 4 is 40.5 Å². The van der Waals surface area contributed by atoms with E-state index in [1.54, 1.807) is 12.1 Å². The highest BCUT2D eigenvalue weighted by Gasteiger charge is 2.29. The standard InChI is InChI=1S/C25H23N3O2S/c1-16-21(26-23(29)19-14-15-19)8-5-9-22(16)27-25(31)28-24(30)20-12-10-18(11-13-20)17-6-3-2-4-7-17/h2-13,19H,14-15H2,1H3,(H,26,29)(H2,27,28,30,31). The zero-order chi connectivity index (χ0) is 21.8. The number of thiocarbonyl (C=S) groups is 1. The number of anilines is 2. The highest BCUT2D eigenvalue weighted by Crippen LogP contribution is 2.31. The number of hydrogen-bond acceptors (Lipinski definition) is 3. The van der Waals surface area contributed by atoms with Crippen LogP contribution in [0.4, 0.5) is 11.4 Å². The summed E-state index contributed by atoms with van der Waals surface area (Å²) in [6.45, 7) is 1.90. The van der Waals surface area contributed by atoms with Gasteiger partial charge in [0.25, 0.3) is 5.91 Å². The quantitative estimate of drug-likeness (QED) is 0.491. The van der Waals surface area contributed by atoms with Crippen LogP contribution >= 0.6 is 12.2 Å². The third kappa shape index (κ3) is 5.16. The first-order chi connectivity index (χ1) is 15.0. The largest absolute Gasteiger partial charge is 0.332 e. The predicted octanol–water partition coefficient (Wildman–Crippen LogP) is 5.14. The number of hydrogen-bond donors (Lipinski definition) is 3. The Morgan fingerprint density at radius 1 is 0.806 bits per heavy atom. The summed E-state index contributed by atoms with van der Waals surface area (Å²) in [5.74, 6) is -0.104. The van der Waals surface area contributed by atoms with E-state index in [0.717, 1.165) is 40.9 Å². The lowest BCUT2D eigenvalue weighted by molar-refractivity contribution is -0.117. The summed E-state index contributed by atoms with van der Waals surface area (Å²) >= 11 is 5.33. The Bertz CT molecular complexity index is 1120. The van der Waals surface area contributed by atoms with Crippen molar-refractivity contribution in [3.63, 3.8) is 0 Å². The smallest absolute Gasteiger partial charge is 0.257 e. The van der Waals surface area contributed by atoms with Crippen molar-refractivity contribution in [2.45, 2.75) is 19.8 Å². The van der Waals surface area contributed by atoms with Crippen molar-refractivity contribution < 1.29 is 9.59 Å². The van der Waals surface area contributed by atoms with Crippen molar-refractivity contribution in [2.75, 3.05) is 10.6 Å². The SMILES string of the molecule is Cc1c(NC(=O)C2CC2)cccc1NC(=S)NC(=O)c1ccc(-c2ccccc2)cc1. The van der Waals surface area contributed by atoms with Crippen LogP contribution in [-0.2, 0) is 4.79 Å². The molecule has 6 heteroatoms. The average Bonchev–Trinajstić information content (AvgIpc) is 3.63. The second-order valence-corrected chi connectivity index (χ2v) is 8.00. The van der Waals surface area contributed by atoms with Gasteiger partial charge in [0.15, 0.2) is 5.11 Å². The van der Waals surface area contributed by atoms with Crippen molar-refractivity contribution in [1.82, 2.24) is 5.32 Å². The Labute approximate surface area is 186 Å². The molecule has 3 aromatic rings. The van der Waals surface area contributed by atoms with Gasteiger partial charge in [-0.25, -0.2) is 0 Å². The fraction of sp³-hybridized carbons (Fsp3) is 0.160. The van der Waals surface area contributed by atoms with Gasteiger partial charge in [0.1, 0.15) is 0 Å². The number of benzene rings is 3. The van der Waals surface area contributed by atoms with E-state index >= 15 is 0 Å². The van der Waals surface area contributed by atoms with Crippen molar-refractivity contribution in [3.05, 3.63) is 83.9 Å². The lowest BCUT2D eigenvalue weighted by Gasteiger charge is -2.15. The molecule has 1 aliphatic carbocycles. The van der Waals surface area contributed by atoms with Crippen molar-refractivity contribution in [1.29, 1.82) is 0 Å². The highest BCUT2D eigenvalue weighted by molar-refractivity contribution is 7.80. The van der Waals surface area contributed by atoms with Crippen LogP contribution in [0.15, 0.2) is 72.8 Å². The molecule has 5 nitrogen and oxygen atoms in total. The summed E-state index contributed by atoms with van der Waals surface area (Å²) in [7, 11) is 0. The van der Waals surface area contributed by atoms with Gasteiger partial charge in [-0.2, -0.15) is 0 Å². The van der Waals surface area contributed by atoms with Crippen LogP contribution in [0.2, 0.25) is 0 Å².